The minimum Gasteiger partial charge on any atom is -0.366 e. The SMILES string of the molecule is CN(C)C1(CN)CCCC1.NC(=O)c1ccccc1. The van der Waals surface area contributed by atoms with Crippen molar-refractivity contribution in [3.8, 4) is 0 Å². The maximum atomic E-state index is 10.4. The average Bonchev–Trinajstić information content (AvgIpc) is 2.90. The van der Waals surface area contributed by atoms with Crippen LogP contribution < -0.4 is 11.5 Å². The zero-order valence-electron chi connectivity index (χ0n) is 11.9. The Bertz CT molecular complexity index is 384. The number of hydrogen-bond acceptors (Lipinski definition) is 3. The second-order valence-electron chi connectivity index (χ2n) is 5.26. The molecule has 0 aromatic heterocycles. The zero-order valence-corrected chi connectivity index (χ0v) is 11.9. The lowest BCUT2D eigenvalue weighted by molar-refractivity contribution is 0.100. The number of likely N-dealkylation sites (N-methyl/N-ethyl adjacent to an activating group) is 1. The van der Waals surface area contributed by atoms with Crippen molar-refractivity contribution in [3.05, 3.63) is 35.9 Å². The maximum Gasteiger partial charge on any atom is 0.248 e. The summed E-state index contributed by atoms with van der Waals surface area (Å²) in [4.78, 5) is 12.7. The van der Waals surface area contributed by atoms with E-state index in [-0.39, 0.29) is 5.91 Å². The minimum absolute atomic E-state index is 0.347. The molecule has 0 spiro atoms. The molecule has 4 N–H and O–H groups in total. The number of carbonyl (C=O) groups is 1. The maximum absolute atomic E-state index is 10.4. The second-order valence-corrected chi connectivity index (χ2v) is 5.26. The summed E-state index contributed by atoms with van der Waals surface area (Å²) in [5.41, 5.74) is 11.6. The highest BCUT2D eigenvalue weighted by molar-refractivity contribution is 5.92. The molecule has 1 fully saturated rings. The van der Waals surface area contributed by atoms with Crippen LogP contribution in [0.3, 0.4) is 0 Å². The molecule has 0 bridgehead atoms. The lowest BCUT2D eigenvalue weighted by Crippen LogP contribution is -2.47. The Labute approximate surface area is 115 Å². The fourth-order valence-corrected chi connectivity index (χ4v) is 2.47. The number of carbonyl (C=O) groups excluding carboxylic acids is 1. The van der Waals surface area contributed by atoms with Crippen molar-refractivity contribution in [1.29, 1.82) is 0 Å². The highest BCUT2D eigenvalue weighted by Crippen LogP contribution is 2.32. The highest BCUT2D eigenvalue weighted by atomic mass is 16.1. The third-order valence-electron chi connectivity index (χ3n) is 3.92. The molecule has 1 aliphatic rings. The Kier molecular flexibility index (Phi) is 5.99. The number of nitrogens with two attached hydrogens (primary N) is 2. The van der Waals surface area contributed by atoms with Gasteiger partial charge in [-0.2, -0.15) is 0 Å². The Balaban J connectivity index is 0.000000191. The van der Waals surface area contributed by atoms with Gasteiger partial charge in [0.15, 0.2) is 0 Å². The smallest absolute Gasteiger partial charge is 0.248 e. The molecule has 1 aromatic rings. The first kappa shape index (κ1) is 15.7. The third-order valence-corrected chi connectivity index (χ3v) is 3.92. The summed E-state index contributed by atoms with van der Waals surface area (Å²) in [5, 5.41) is 0. The predicted octanol–water partition coefficient (Wildman–Crippen LogP) is 1.60. The fraction of sp³-hybridized carbons (Fsp3) is 0.533. The minimum atomic E-state index is -0.379. The van der Waals surface area contributed by atoms with Crippen LogP contribution in [0.5, 0.6) is 0 Å². The molecule has 4 heteroatoms. The van der Waals surface area contributed by atoms with Gasteiger partial charge >= 0.3 is 0 Å². The van der Waals surface area contributed by atoms with E-state index in [4.69, 9.17) is 11.5 Å². The van der Waals surface area contributed by atoms with Crippen molar-refractivity contribution in [2.75, 3.05) is 20.6 Å². The van der Waals surface area contributed by atoms with Crippen molar-refractivity contribution < 1.29 is 4.79 Å². The fourth-order valence-electron chi connectivity index (χ4n) is 2.47. The molecule has 19 heavy (non-hydrogen) atoms. The molecule has 1 saturated carbocycles. The lowest BCUT2D eigenvalue weighted by Gasteiger charge is -2.34. The van der Waals surface area contributed by atoms with Crippen LogP contribution >= 0.6 is 0 Å². The van der Waals surface area contributed by atoms with Crippen LogP contribution in [-0.4, -0.2) is 37.0 Å². The van der Waals surface area contributed by atoms with Gasteiger partial charge in [-0.1, -0.05) is 31.0 Å². The van der Waals surface area contributed by atoms with Crippen LogP contribution in [-0.2, 0) is 0 Å². The number of rotatable bonds is 3. The van der Waals surface area contributed by atoms with E-state index in [1.807, 2.05) is 6.07 Å². The second kappa shape index (κ2) is 7.26. The first-order chi connectivity index (χ1) is 9.02. The van der Waals surface area contributed by atoms with Crippen LogP contribution in [0, 0.1) is 0 Å². The van der Waals surface area contributed by atoms with Crippen LogP contribution in [0.1, 0.15) is 36.0 Å². The van der Waals surface area contributed by atoms with Gasteiger partial charge in [0.1, 0.15) is 0 Å². The molecule has 0 unspecified atom stereocenters. The number of benzene rings is 1. The molecule has 0 heterocycles. The molecule has 2 rings (SSSR count). The molecule has 106 valence electrons. The molecule has 1 aliphatic carbocycles. The summed E-state index contributed by atoms with van der Waals surface area (Å²) in [6.07, 6.45) is 5.29. The third kappa shape index (κ3) is 4.33. The van der Waals surface area contributed by atoms with E-state index in [9.17, 15) is 4.79 Å². The normalized spacial score (nSPS) is 16.8. The number of nitrogens with zero attached hydrogens (tertiary/aromatic N) is 1. The first-order valence-electron chi connectivity index (χ1n) is 6.74. The number of primary amides is 1. The molecule has 1 amide bonds. The van der Waals surface area contributed by atoms with Gasteiger partial charge in [-0.05, 0) is 39.1 Å². The average molecular weight is 263 g/mol. The summed E-state index contributed by atoms with van der Waals surface area (Å²) in [7, 11) is 4.27. The van der Waals surface area contributed by atoms with Crippen molar-refractivity contribution in [2.45, 2.75) is 31.2 Å². The van der Waals surface area contributed by atoms with Crippen molar-refractivity contribution in [1.82, 2.24) is 4.90 Å². The van der Waals surface area contributed by atoms with Gasteiger partial charge in [0.05, 0.1) is 0 Å². The predicted molar refractivity (Wildman–Crippen MR) is 78.9 cm³/mol. The Morgan fingerprint density at radius 2 is 1.74 bits per heavy atom. The largest absolute Gasteiger partial charge is 0.366 e. The number of amides is 1. The van der Waals surface area contributed by atoms with Gasteiger partial charge in [0.2, 0.25) is 5.91 Å². The summed E-state index contributed by atoms with van der Waals surface area (Å²) in [6, 6.07) is 8.76. The van der Waals surface area contributed by atoms with Gasteiger partial charge in [0.25, 0.3) is 0 Å². The van der Waals surface area contributed by atoms with E-state index in [2.05, 4.69) is 19.0 Å². The summed E-state index contributed by atoms with van der Waals surface area (Å²) >= 11 is 0. The van der Waals surface area contributed by atoms with E-state index < -0.39 is 0 Å². The first-order valence-corrected chi connectivity index (χ1v) is 6.74. The van der Waals surface area contributed by atoms with E-state index in [1.54, 1.807) is 24.3 Å². The summed E-state index contributed by atoms with van der Waals surface area (Å²) in [6.45, 7) is 0.819. The number of hydrogen-bond donors (Lipinski definition) is 2. The van der Waals surface area contributed by atoms with E-state index in [0.717, 1.165) is 6.54 Å². The van der Waals surface area contributed by atoms with E-state index in [1.165, 1.54) is 25.7 Å². The van der Waals surface area contributed by atoms with Crippen LogP contribution in [0.4, 0.5) is 0 Å². The van der Waals surface area contributed by atoms with Crippen molar-refractivity contribution >= 4 is 5.91 Å². The molecule has 1 aromatic carbocycles. The lowest BCUT2D eigenvalue weighted by atomic mass is 9.97. The van der Waals surface area contributed by atoms with Crippen molar-refractivity contribution in [3.63, 3.8) is 0 Å². The molecular formula is C15H25N3O. The monoisotopic (exact) mass is 263 g/mol. The Morgan fingerprint density at radius 3 is 2.00 bits per heavy atom. The van der Waals surface area contributed by atoms with Gasteiger partial charge < -0.3 is 16.4 Å². The van der Waals surface area contributed by atoms with Crippen LogP contribution in [0.15, 0.2) is 30.3 Å². The van der Waals surface area contributed by atoms with E-state index >= 15 is 0 Å². The zero-order chi connectivity index (χ0) is 14.3. The van der Waals surface area contributed by atoms with E-state index in [0.29, 0.717) is 11.1 Å². The van der Waals surface area contributed by atoms with Gasteiger partial charge in [0, 0.05) is 17.6 Å². The van der Waals surface area contributed by atoms with Crippen LogP contribution in [0.2, 0.25) is 0 Å². The summed E-state index contributed by atoms with van der Waals surface area (Å²) < 4.78 is 0. The topological polar surface area (TPSA) is 72.3 Å². The Morgan fingerprint density at radius 1 is 1.21 bits per heavy atom. The molecule has 0 radical (unpaired) electrons. The van der Waals surface area contributed by atoms with Crippen LogP contribution in [0.25, 0.3) is 0 Å². The van der Waals surface area contributed by atoms with Gasteiger partial charge in [-0.25, -0.2) is 0 Å². The molecule has 0 saturated heterocycles. The molecule has 4 nitrogen and oxygen atoms in total. The molecule has 0 aliphatic heterocycles. The van der Waals surface area contributed by atoms with Crippen molar-refractivity contribution in [2.24, 2.45) is 11.5 Å². The Hall–Kier alpha value is -1.39. The highest BCUT2D eigenvalue weighted by Gasteiger charge is 2.33. The summed E-state index contributed by atoms with van der Waals surface area (Å²) in [5.74, 6) is -0.379. The molecular weight excluding hydrogens is 238 g/mol. The van der Waals surface area contributed by atoms with Gasteiger partial charge in [-0.15, -0.1) is 0 Å². The van der Waals surface area contributed by atoms with Gasteiger partial charge in [-0.3, -0.25) is 4.79 Å². The quantitative estimate of drug-likeness (QED) is 0.870. The standard InChI is InChI=1S/C8H18N2.C7H7NO/c1-10(2)8(7-9)5-3-4-6-8;8-7(9)6-4-2-1-3-5-6/h3-7,9H2,1-2H3;1-5H,(H2,8,9). The molecule has 0 atom stereocenters.